The number of nitrogens with zero attached hydrogens (tertiary/aromatic N) is 1. The Labute approximate surface area is 62.6 Å². The maximum Gasteiger partial charge on any atom is 0.0604 e. The molecule has 0 aromatic heterocycles. The summed E-state index contributed by atoms with van der Waals surface area (Å²) in [5.74, 6) is 0. The zero-order valence-corrected chi connectivity index (χ0v) is 7.22. The Morgan fingerprint density at radius 2 is 2.00 bits per heavy atom. The molecule has 0 unspecified atom stereocenters. The summed E-state index contributed by atoms with van der Waals surface area (Å²) in [6, 6.07) is 0. The third-order valence-electron chi connectivity index (χ3n) is 1.35. The molecule has 0 saturated heterocycles. The molecule has 0 radical (unpaired) electrons. The van der Waals surface area contributed by atoms with E-state index in [1.807, 2.05) is 7.05 Å². The molecule has 0 amide bonds. The fourth-order valence-electron chi connectivity index (χ4n) is 0.522. The lowest BCUT2D eigenvalue weighted by Crippen LogP contribution is -2.27. The molecule has 0 bridgehead atoms. The molecule has 0 aromatic carbocycles. The fraction of sp³-hybridized carbons (Fsp3) is 1.00. The van der Waals surface area contributed by atoms with Crippen molar-refractivity contribution in [2.24, 2.45) is 0 Å². The first kappa shape index (κ1) is 9.88. The summed E-state index contributed by atoms with van der Waals surface area (Å²) in [7, 11) is 3.45. The molecule has 0 heterocycles. The molecular weight excluding hydrogens is 130 g/mol. The number of aliphatic hydroxyl groups is 1. The highest BCUT2D eigenvalue weighted by Gasteiger charge is 2.12. The second-order valence-electron chi connectivity index (χ2n) is 3.10. The zero-order valence-electron chi connectivity index (χ0n) is 7.22. The van der Waals surface area contributed by atoms with Crippen LogP contribution >= 0.6 is 0 Å². The summed E-state index contributed by atoms with van der Waals surface area (Å²) < 4.78 is 0. The van der Waals surface area contributed by atoms with Crippen LogP contribution in [-0.4, -0.2) is 36.5 Å². The maximum absolute atomic E-state index is 9.28. The average molecular weight is 147 g/mol. The predicted octanol–water partition coefficient (Wildman–Crippen LogP) is 0.641. The van der Waals surface area contributed by atoms with Gasteiger partial charge in [0.2, 0.25) is 0 Å². The lowest BCUT2D eigenvalue weighted by molar-refractivity contribution is -0.118. The molecule has 0 saturated carbocycles. The van der Waals surface area contributed by atoms with Crippen molar-refractivity contribution in [2.45, 2.75) is 25.9 Å². The lowest BCUT2D eigenvalue weighted by Gasteiger charge is -2.20. The van der Waals surface area contributed by atoms with Crippen molar-refractivity contribution in [3.8, 4) is 0 Å². The average Bonchev–Trinajstić information content (AvgIpc) is 1.81. The number of hydrogen-bond acceptors (Lipinski definition) is 3. The highest BCUT2D eigenvalue weighted by atomic mass is 16.7. The smallest absolute Gasteiger partial charge is 0.0604 e. The molecule has 0 aromatic rings. The van der Waals surface area contributed by atoms with Crippen molar-refractivity contribution >= 4 is 0 Å². The van der Waals surface area contributed by atoms with E-state index in [0.717, 1.165) is 13.0 Å². The Morgan fingerprint density at radius 1 is 1.50 bits per heavy atom. The van der Waals surface area contributed by atoms with Crippen LogP contribution in [0.2, 0.25) is 0 Å². The van der Waals surface area contributed by atoms with Crippen LogP contribution in [0.4, 0.5) is 0 Å². The van der Waals surface area contributed by atoms with Crippen molar-refractivity contribution in [2.75, 3.05) is 20.7 Å². The van der Waals surface area contributed by atoms with Gasteiger partial charge in [0.05, 0.1) is 12.7 Å². The summed E-state index contributed by atoms with van der Waals surface area (Å²) in [5, 5.41) is 11.0. The highest BCUT2D eigenvalue weighted by Crippen LogP contribution is 2.06. The molecular formula is C7H17NO2. The Morgan fingerprint density at radius 3 is 2.30 bits per heavy atom. The van der Waals surface area contributed by atoms with Crippen molar-refractivity contribution in [1.82, 2.24) is 5.06 Å². The summed E-state index contributed by atoms with van der Waals surface area (Å²) in [6.07, 6.45) is 0.720. The molecule has 3 nitrogen and oxygen atoms in total. The number of rotatable bonds is 4. The standard InChI is InChI=1S/C7H17NO2/c1-7(2,9)5-6-8(3)10-4/h9H,5-6H2,1-4H3. The summed E-state index contributed by atoms with van der Waals surface area (Å²) in [6.45, 7) is 4.33. The molecule has 0 aliphatic heterocycles. The minimum absolute atomic E-state index is 0.590. The second-order valence-corrected chi connectivity index (χ2v) is 3.10. The molecule has 1 N–H and O–H groups in total. The van der Waals surface area contributed by atoms with Crippen LogP contribution in [0.15, 0.2) is 0 Å². The Bertz CT molecular complexity index is 88.1. The summed E-state index contributed by atoms with van der Waals surface area (Å²) in [4.78, 5) is 4.87. The quantitative estimate of drug-likeness (QED) is 0.592. The molecule has 0 rings (SSSR count). The van der Waals surface area contributed by atoms with Crippen LogP contribution in [0.25, 0.3) is 0 Å². The summed E-state index contributed by atoms with van der Waals surface area (Å²) >= 11 is 0. The molecule has 0 fully saturated rings. The van der Waals surface area contributed by atoms with E-state index in [1.165, 1.54) is 0 Å². The highest BCUT2D eigenvalue weighted by molar-refractivity contribution is 4.64. The first-order valence-electron chi connectivity index (χ1n) is 3.43. The first-order valence-corrected chi connectivity index (χ1v) is 3.43. The Hall–Kier alpha value is -0.120. The number of hydroxylamine groups is 2. The molecule has 0 aliphatic carbocycles. The minimum Gasteiger partial charge on any atom is -0.390 e. The first-order chi connectivity index (χ1) is 4.45. The molecule has 10 heavy (non-hydrogen) atoms. The second kappa shape index (κ2) is 3.91. The van der Waals surface area contributed by atoms with Crippen LogP contribution in [0.1, 0.15) is 20.3 Å². The van der Waals surface area contributed by atoms with E-state index in [9.17, 15) is 5.11 Å². The topological polar surface area (TPSA) is 32.7 Å². The van der Waals surface area contributed by atoms with E-state index in [-0.39, 0.29) is 0 Å². The lowest BCUT2D eigenvalue weighted by atomic mass is 10.1. The largest absolute Gasteiger partial charge is 0.390 e. The Balaban J connectivity index is 3.36. The van der Waals surface area contributed by atoms with Crippen LogP contribution in [0, 0.1) is 0 Å². The molecule has 0 atom stereocenters. The van der Waals surface area contributed by atoms with Gasteiger partial charge in [-0.15, -0.1) is 0 Å². The van der Waals surface area contributed by atoms with Gasteiger partial charge in [-0.25, -0.2) is 0 Å². The van der Waals surface area contributed by atoms with Gasteiger partial charge >= 0.3 is 0 Å². The molecule has 0 aliphatic rings. The van der Waals surface area contributed by atoms with Gasteiger partial charge in [0, 0.05) is 13.6 Å². The van der Waals surface area contributed by atoms with E-state index < -0.39 is 5.60 Å². The van der Waals surface area contributed by atoms with Crippen LogP contribution < -0.4 is 0 Å². The number of hydrogen-bond donors (Lipinski definition) is 1. The van der Waals surface area contributed by atoms with E-state index in [2.05, 4.69) is 0 Å². The normalized spacial score (nSPS) is 12.6. The molecule has 62 valence electrons. The van der Waals surface area contributed by atoms with E-state index in [1.54, 1.807) is 26.0 Å². The minimum atomic E-state index is -0.590. The monoisotopic (exact) mass is 147 g/mol. The van der Waals surface area contributed by atoms with Gasteiger partial charge in [0.25, 0.3) is 0 Å². The zero-order chi connectivity index (χ0) is 8.20. The van der Waals surface area contributed by atoms with E-state index >= 15 is 0 Å². The van der Waals surface area contributed by atoms with Gasteiger partial charge in [-0.1, -0.05) is 0 Å². The van der Waals surface area contributed by atoms with Crippen molar-refractivity contribution < 1.29 is 9.94 Å². The van der Waals surface area contributed by atoms with Crippen molar-refractivity contribution in [3.63, 3.8) is 0 Å². The van der Waals surface area contributed by atoms with Gasteiger partial charge in [-0.3, -0.25) is 0 Å². The van der Waals surface area contributed by atoms with Gasteiger partial charge < -0.3 is 9.94 Å². The molecule has 3 heteroatoms. The van der Waals surface area contributed by atoms with Gasteiger partial charge in [-0.05, 0) is 20.3 Å². The van der Waals surface area contributed by atoms with Gasteiger partial charge in [-0.2, -0.15) is 5.06 Å². The predicted molar refractivity (Wildman–Crippen MR) is 40.6 cm³/mol. The van der Waals surface area contributed by atoms with Crippen molar-refractivity contribution in [1.29, 1.82) is 0 Å². The SMILES string of the molecule is CON(C)CCC(C)(C)O. The van der Waals surface area contributed by atoms with Gasteiger partial charge in [0.1, 0.15) is 0 Å². The third-order valence-corrected chi connectivity index (χ3v) is 1.35. The third kappa shape index (κ3) is 6.01. The van der Waals surface area contributed by atoms with Crippen LogP contribution in [0.5, 0.6) is 0 Å². The van der Waals surface area contributed by atoms with Gasteiger partial charge in [0.15, 0.2) is 0 Å². The fourth-order valence-corrected chi connectivity index (χ4v) is 0.522. The van der Waals surface area contributed by atoms with Crippen LogP contribution in [0.3, 0.4) is 0 Å². The van der Waals surface area contributed by atoms with E-state index in [0.29, 0.717) is 0 Å². The summed E-state index contributed by atoms with van der Waals surface area (Å²) in [5.41, 5.74) is -0.590. The van der Waals surface area contributed by atoms with Crippen molar-refractivity contribution in [3.05, 3.63) is 0 Å². The maximum atomic E-state index is 9.28. The van der Waals surface area contributed by atoms with Crippen LogP contribution in [-0.2, 0) is 4.84 Å². The molecule has 0 spiro atoms. The Kier molecular flexibility index (Phi) is 3.86. The van der Waals surface area contributed by atoms with E-state index in [4.69, 9.17) is 4.84 Å².